The first kappa shape index (κ1) is 14.6. The fourth-order valence-corrected chi connectivity index (χ4v) is 2.14. The minimum Gasteiger partial charge on any atom is -0.453 e. The molecule has 2 aromatic rings. The van der Waals surface area contributed by atoms with Crippen molar-refractivity contribution in [3.8, 4) is 0 Å². The minimum atomic E-state index is -0.676. The summed E-state index contributed by atoms with van der Waals surface area (Å²) in [4.78, 5) is 36.5. The van der Waals surface area contributed by atoms with Crippen molar-refractivity contribution in [2.45, 2.75) is 0 Å². The second-order valence-electron chi connectivity index (χ2n) is 3.77. The molecule has 9 heteroatoms. The first-order valence-electron chi connectivity index (χ1n) is 5.74. The lowest BCUT2D eigenvalue weighted by atomic mass is 10.1. The molecule has 0 bridgehead atoms. The van der Waals surface area contributed by atoms with E-state index in [9.17, 15) is 14.5 Å². The average molecular weight is 307 g/mol. The molecule has 0 saturated carbocycles. The molecule has 108 valence electrons. The molecule has 0 spiro atoms. The van der Waals surface area contributed by atoms with Crippen LogP contribution in [0.3, 0.4) is 0 Å². The molecular formula is C12H11N4O4S+. The molecule has 0 fully saturated rings. The van der Waals surface area contributed by atoms with Gasteiger partial charge in [-0.05, 0) is 28.6 Å². The Labute approximate surface area is 123 Å². The first-order valence-corrected chi connectivity index (χ1v) is 6.56. The Morgan fingerprint density at radius 3 is 2.71 bits per heavy atom. The number of nitroso groups, excluding NO2 is 1. The monoisotopic (exact) mass is 307 g/mol. The van der Waals surface area contributed by atoms with E-state index in [4.69, 9.17) is 0 Å². The number of hydrogen-bond donors (Lipinski definition) is 2. The fraction of sp³-hybridized carbons (Fsp3) is 0.0833. The topological polar surface area (TPSA) is 111 Å². The number of hydrogen-bond acceptors (Lipinski definition) is 6. The normalized spacial score (nSPS) is 9.76. The standard InChI is InChI=1S/C12H10N4O4S/c1-20-12(18)14-8-5-3-2-4-7(8)10(17)15-11-13-6-9(16-19)21-11/h2-6H,1H3,(H,14,18)(H,13,15,17)/p+1. The van der Waals surface area contributed by atoms with Crippen molar-refractivity contribution < 1.29 is 19.3 Å². The molecule has 2 rings (SSSR count). The fourth-order valence-electron chi connectivity index (χ4n) is 1.52. The van der Waals surface area contributed by atoms with Crippen LogP contribution in [0.5, 0.6) is 0 Å². The lowest BCUT2D eigenvalue weighted by Crippen LogP contribution is -2.20. The number of H-pyrrole nitrogens is 1. The van der Waals surface area contributed by atoms with E-state index >= 15 is 0 Å². The van der Waals surface area contributed by atoms with Crippen molar-refractivity contribution in [1.29, 1.82) is 0 Å². The van der Waals surface area contributed by atoms with Crippen LogP contribution in [0.25, 0.3) is 0 Å². The zero-order chi connectivity index (χ0) is 15.2. The number of aromatic amines is 1. The molecule has 0 aliphatic heterocycles. The van der Waals surface area contributed by atoms with Crippen LogP contribution < -0.4 is 15.6 Å². The van der Waals surface area contributed by atoms with Gasteiger partial charge < -0.3 is 4.74 Å². The van der Waals surface area contributed by atoms with Gasteiger partial charge in [-0.1, -0.05) is 12.1 Å². The van der Waals surface area contributed by atoms with Crippen LogP contribution in [0, 0.1) is 4.91 Å². The second-order valence-corrected chi connectivity index (χ2v) is 4.80. The molecule has 21 heavy (non-hydrogen) atoms. The van der Waals surface area contributed by atoms with Gasteiger partial charge in [0.25, 0.3) is 0 Å². The molecule has 0 aliphatic rings. The molecule has 1 aromatic heterocycles. The molecule has 2 amide bonds. The molecule has 0 radical (unpaired) electrons. The largest absolute Gasteiger partial charge is 0.453 e. The van der Waals surface area contributed by atoms with Gasteiger partial charge >= 0.3 is 17.1 Å². The highest BCUT2D eigenvalue weighted by molar-refractivity contribution is 7.18. The number of amides is 2. The van der Waals surface area contributed by atoms with Crippen LogP contribution in [0.15, 0.2) is 35.6 Å². The molecule has 8 nitrogen and oxygen atoms in total. The van der Waals surface area contributed by atoms with Crippen LogP contribution in [0.1, 0.15) is 10.4 Å². The van der Waals surface area contributed by atoms with Gasteiger partial charge in [0.05, 0.1) is 18.4 Å². The summed E-state index contributed by atoms with van der Waals surface area (Å²) in [5.74, 6) is -0.447. The number of methoxy groups -OCH3 is 1. The summed E-state index contributed by atoms with van der Waals surface area (Å²) < 4.78 is 4.49. The van der Waals surface area contributed by atoms with Gasteiger partial charge in [0.1, 0.15) is 6.20 Å². The third-order valence-electron chi connectivity index (χ3n) is 2.44. The Balaban J connectivity index is 2.18. The number of carbonyl (C=O) groups is 2. The quantitative estimate of drug-likeness (QED) is 0.845. The Morgan fingerprint density at radius 1 is 1.29 bits per heavy atom. The molecule has 0 unspecified atom stereocenters. The maximum Gasteiger partial charge on any atom is 0.411 e. The van der Waals surface area contributed by atoms with Crippen LogP contribution in [0.4, 0.5) is 20.6 Å². The molecule has 3 N–H and O–H groups in total. The summed E-state index contributed by atoms with van der Waals surface area (Å²) in [6.07, 6.45) is 0.705. The predicted octanol–water partition coefficient (Wildman–Crippen LogP) is 2.39. The SMILES string of the molecule is COC(=O)Nc1ccccc1C(=O)Nc1[nH+]cc(N=O)s1. The van der Waals surface area contributed by atoms with Crippen molar-refractivity contribution in [3.05, 3.63) is 40.9 Å². The van der Waals surface area contributed by atoms with Gasteiger partial charge in [-0.25, -0.2) is 14.6 Å². The summed E-state index contributed by atoms with van der Waals surface area (Å²) >= 11 is 1.00. The van der Waals surface area contributed by atoms with Crippen molar-refractivity contribution >= 4 is 39.2 Å². The highest BCUT2D eigenvalue weighted by Crippen LogP contribution is 2.23. The second kappa shape index (κ2) is 6.57. The Bertz CT molecular complexity index is 685. The molecular weight excluding hydrogens is 296 g/mol. The van der Waals surface area contributed by atoms with Crippen LogP contribution in [-0.2, 0) is 4.74 Å². The molecule has 1 heterocycles. The lowest BCUT2D eigenvalue weighted by molar-refractivity contribution is -0.353. The average Bonchev–Trinajstić information content (AvgIpc) is 2.95. The van der Waals surface area contributed by atoms with E-state index in [1.807, 2.05) is 0 Å². The number of para-hydroxylation sites is 1. The van der Waals surface area contributed by atoms with Crippen LogP contribution in [0.2, 0.25) is 0 Å². The van der Waals surface area contributed by atoms with E-state index in [0.29, 0.717) is 10.8 Å². The van der Waals surface area contributed by atoms with Crippen molar-refractivity contribution in [2.24, 2.45) is 5.18 Å². The number of benzene rings is 1. The van der Waals surface area contributed by atoms with Crippen molar-refractivity contribution in [2.75, 3.05) is 17.7 Å². The number of ether oxygens (including phenoxy) is 1. The third kappa shape index (κ3) is 3.60. The Hall–Kier alpha value is -2.81. The predicted molar refractivity (Wildman–Crippen MR) is 76.8 cm³/mol. The maximum atomic E-state index is 12.2. The smallest absolute Gasteiger partial charge is 0.411 e. The van der Waals surface area contributed by atoms with Gasteiger partial charge in [-0.15, -0.1) is 4.91 Å². The molecule has 1 aromatic carbocycles. The van der Waals surface area contributed by atoms with E-state index in [-0.39, 0.29) is 10.6 Å². The number of nitrogens with one attached hydrogen (secondary N) is 3. The van der Waals surface area contributed by atoms with Crippen molar-refractivity contribution in [1.82, 2.24) is 0 Å². The number of carbonyl (C=O) groups excluding carboxylic acids is 2. The van der Waals surface area contributed by atoms with Gasteiger partial charge in [0, 0.05) is 0 Å². The zero-order valence-electron chi connectivity index (χ0n) is 10.9. The lowest BCUT2D eigenvalue weighted by Gasteiger charge is -2.07. The van der Waals surface area contributed by atoms with E-state index < -0.39 is 12.0 Å². The summed E-state index contributed by atoms with van der Waals surface area (Å²) in [5, 5.41) is 8.35. The molecule has 0 atom stereocenters. The number of nitrogens with zero attached hydrogens (tertiary/aromatic N) is 1. The molecule has 0 aliphatic carbocycles. The van der Waals surface area contributed by atoms with Gasteiger partial charge in [-0.3, -0.25) is 5.32 Å². The Morgan fingerprint density at radius 2 is 2.05 bits per heavy atom. The van der Waals surface area contributed by atoms with Crippen LogP contribution in [-0.4, -0.2) is 19.1 Å². The van der Waals surface area contributed by atoms with E-state index in [0.717, 1.165) is 11.3 Å². The summed E-state index contributed by atoms with van der Waals surface area (Å²) in [6, 6.07) is 6.46. The maximum absolute atomic E-state index is 12.2. The van der Waals surface area contributed by atoms with E-state index in [1.54, 1.807) is 24.3 Å². The van der Waals surface area contributed by atoms with Gasteiger partial charge in [0.2, 0.25) is 5.00 Å². The summed E-state index contributed by atoms with van der Waals surface area (Å²) in [5.41, 5.74) is 0.567. The van der Waals surface area contributed by atoms with E-state index in [2.05, 4.69) is 25.5 Å². The highest BCUT2D eigenvalue weighted by Gasteiger charge is 2.19. The van der Waals surface area contributed by atoms with Gasteiger partial charge in [-0.2, -0.15) is 5.32 Å². The highest BCUT2D eigenvalue weighted by atomic mass is 32.1. The zero-order valence-corrected chi connectivity index (χ0v) is 11.7. The minimum absolute atomic E-state index is 0.214. The van der Waals surface area contributed by atoms with E-state index in [1.165, 1.54) is 13.3 Å². The molecule has 0 saturated heterocycles. The summed E-state index contributed by atoms with van der Waals surface area (Å²) in [7, 11) is 1.23. The van der Waals surface area contributed by atoms with Crippen LogP contribution >= 0.6 is 11.3 Å². The number of anilines is 2. The number of thiazole rings is 1. The first-order chi connectivity index (χ1) is 10.1. The third-order valence-corrected chi connectivity index (χ3v) is 3.27. The summed E-state index contributed by atoms with van der Waals surface area (Å²) in [6.45, 7) is 0. The van der Waals surface area contributed by atoms with Gasteiger partial charge in [0.15, 0.2) is 0 Å². The van der Waals surface area contributed by atoms with Crippen molar-refractivity contribution in [3.63, 3.8) is 0 Å². The Kier molecular flexibility index (Phi) is 4.57. The number of rotatable bonds is 4. The number of aromatic nitrogens is 1.